The van der Waals surface area contributed by atoms with Crippen LogP contribution < -0.4 is 0 Å². The van der Waals surface area contributed by atoms with Gasteiger partial charge in [-0.05, 0) is 33.6 Å². The Labute approximate surface area is 131 Å². The predicted octanol–water partition coefficient (Wildman–Crippen LogP) is 2.29. The van der Waals surface area contributed by atoms with Crippen LogP contribution in [0, 0.1) is 19.8 Å². The molecule has 5 heteroatoms. The van der Waals surface area contributed by atoms with Crippen molar-refractivity contribution >= 4 is 5.91 Å². The molecule has 3 aliphatic rings. The number of hydrogen-bond acceptors (Lipinski definition) is 4. The predicted molar refractivity (Wildman–Crippen MR) is 84.3 cm³/mol. The molecular formula is C17H25N3O2. The second-order valence-corrected chi connectivity index (χ2v) is 6.48. The van der Waals surface area contributed by atoms with Crippen LogP contribution in [-0.2, 0) is 11.3 Å². The third kappa shape index (κ3) is 2.82. The van der Waals surface area contributed by atoms with Gasteiger partial charge in [0.05, 0.1) is 18.2 Å². The van der Waals surface area contributed by atoms with Gasteiger partial charge in [0, 0.05) is 31.2 Å². The number of hydrogen-bond donors (Lipinski definition) is 0. The van der Waals surface area contributed by atoms with Gasteiger partial charge >= 0.3 is 0 Å². The van der Waals surface area contributed by atoms with Crippen LogP contribution in [0.1, 0.15) is 36.8 Å². The summed E-state index contributed by atoms with van der Waals surface area (Å²) in [5, 5.41) is 4.02. The molecule has 0 aromatic carbocycles. The Balaban J connectivity index is 1.79. The van der Waals surface area contributed by atoms with Gasteiger partial charge in [-0.2, -0.15) is 0 Å². The molecule has 4 heterocycles. The maximum Gasteiger partial charge on any atom is 0.227 e. The first-order chi connectivity index (χ1) is 10.6. The number of fused-ring (bicyclic) bond motifs is 4. The first-order valence-electron chi connectivity index (χ1n) is 8.16. The van der Waals surface area contributed by atoms with Crippen LogP contribution in [0.25, 0.3) is 0 Å². The summed E-state index contributed by atoms with van der Waals surface area (Å²) < 4.78 is 5.25. The van der Waals surface area contributed by atoms with Crippen molar-refractivity contribution in [3.05, 3.63) is 29.2 Å². The minimum absolute atomic E-state index is 0.143. The lowest BCUT2D eigenvalue weighted by Crippen LogP contribution is -2.47. The Hall–Kier alpha value is -1.62. The van der Waals surface area contributed by atoms with Gasteiger partial charge in [0.25, 0.3) is 0 Å². The summed E-state index contributed by atoms with van der Waals surface area (Å²) in [7, 11) is 0. The Kier molecular flexibility index (Phi) is 4.34. The Morgan fingerprint density at radius 1 is 1.32 bits per heavy atom. The fourth-order valence-corrected chi connectivity index (χ4v) is 3.64. The molecule has 0 radical (unpaired) electrons. The molecule has 4 rings (SSSR count). The van der Waals surface area contributed by atoms with Crippen molar-refractivity contribution in [2.45, 2.75) is 46.2 Å². The first kappa shape index (κ1) is 15.3. The zero-order valence-electron chi connectivity index (χ0n) is 13.7. The molecule has 1 aromatic rings. The van der Waals surface area contributed by atoms with Crippen LogP contribution in [0.5, 0.6) is 0 Å². The van der Waals surface area contributed by atoms with Crippen molar-refractivity contribution in [3.63, 3.8) is 0 Å². The summed E-state index contributed by atoms with van der Waals surface area (Å²) >= 11 is 0. The normalized spacial score (nSPS) is 26.1. The quantitative estimate of drug-likeness (QED) is 0.801. The smallest absolute Gasteiger partial charge is 0.227 e. The molecule has 0 unspecified atom stereocenters. The highest BCUT2D eigenvalue weighted by atomic mass is 16.5. The fourth-order valence-electron chi connectivity index (χ4n) is 3.64. The molecule has 1 amide bonds. The largest absolute Gasteiger partial charge is 0.361 e. The number of allylic oxidation sites excluding steroid dienone is 1. The second-order valence-electron chi connectivity index (χ2n) is 6.48. The van der Waals surface area contributed by atoms with Gasteiger partial charge in [-0.25, -0.2) is 0 Å². The highest BCUT2D eigenvalue weighted by molar-refractivity contribution is 5.80. The van der Waals surface area contributed by atoms with Crippen LogP contribution in [0.3, 0.4) is 0 Å². The average Bonchev–Trinajstić information content (AvgIpc) is 2.69. The molecule has 0 aliphatic carbocycles. The third-order valence-electron chi connectivity index (χ3n) is 4.98. The lowest BCUT2D eigenvalue weighted by Gasteiger charge is -2.36. The van der Waals surface area contributed by atoms with Crippen LogP contribution in [0.2, 0.25) is 0 Å². The van der Waals surface area contributed by atoms with E-state index < -0.39 is 0 Å². The molecule has 2 bridgehead atoms. The van der Waals surface area contributed by atoms with Gasteiger partial charge in [-0.15, -0.1) is 0 Å². The topological polar surface area (TPSA) is 49.6 Å². The number of aryl methyl sites for hydroxylation is 2. The zero-order valence-corrected chi connectivity index (χ0v) is 13.7. The van der Waals surface area contributed by atoms with Gasteiger partial charge < -0.3 is 9.42 Å². The summed E-state index contributed by atoms with van der Waals surface area (Å²) in [6.45, 7) is 9.35. The second kappa shape index (κ2) is 6.24. The van der Waals surface area contributed by atoms with Crippen LogP contribution >= 0.6 is 0 Å². The summed E-state index contributed by atoms with van der Waals surface area (Å²) in [5.41, 5.74) is 1.97. The number of amides is 1. The first-order valence-corrected chi connectivity index (χ1v) is 8.16. The molecule has 3 fully saturated rings. The summed E-state index contributed by atoms with van der Waals surface area (Å²) in [6.07, 6.45) is 6.38. The van der Waals surface area contributed by atoms with Crippen molar-refractivity contribution in [2.75, 3.05) is 19.6 Å². The van der Waals surface area contributed by atoms with E-state index in [1.54, 1.807) is 0 Å². The van der Waals surface area contributed by atoms with Crippen molar-refractivity contribution < 1.29 is 9.32 Å². The highest BCUT2D eigenvalue weighted by Gasteiger charge is 2.40. The van der Waals surface area contributed by atoms with Gasteiger partial charge in [-0.1, -0.05) is 17.3 Å². The standard InChI is InChI=1S/C17H25N3O2/c1-4-5-8-19-9-14-6-7-15(10-19)20(17(14)21)11-16-12(2)18-22-13(16)3/h4-5,14-15H,6-11H2,1-3H3/b5-4+/t14-,15+/m0/s1. The summed E-state index contributed by atoms with van der Waals surface area (Å²) in [5.74, 6) is 1.28. The number of piperidine rings is 1. The van der Waals surface area contributed by atoms with E-state index in [1.807, 2.05) is 20.8 Å². The van der Waals surface area contributed by atoms with Gasteiger partial charge in [0.1, 0.15) is 5.76 Å². The maximum atomic E-state index is 12.8. The molecule has 3 saturated heterocycles. The molecule has 120 valence electrons. The monoisotopic (exact) mass is 303 g/mol. The van der Waals surface area contributed by atoms with E-state index in [2.05, 4.69) is 27.1 Å². The van der Waals surface area contributed by atoms with Gasteiger partial charge in [0.15, 0.2) is 0 Å². The minimum atomic E-state index is 0.143. The van der Waals surface area contributed by atoms with E-state index in [0.717, 1.165) is 49.5 Å². The summed E-state index contributed by atoms with van der Waals surface area (Å²) in [4.78, 5) is 17.3. The average molecular weight is 303 g/mol. The van der Waals surface area contributed by atoms with E-state index in [1.165, 1.54) is 0 Å². The van der Waals surface area contributed by atoms with E-state index in [4.69, 9.17) is 4.52 Å². The maximum absolute atomic E-state index is 12.8. The lowest BCUT2D eigenvalue weighted by atomic mass is 9.93. The van der Waals surface area contributed by atoms with Crippen LogP contribution in [0.4, 0.5) is 0 Å². The Morgan fingerprint density at radius 2 is 2.14 bits per heavy atom. The number of aromatic nitrogens is 1. The molecule has 3 aliphatic heterocycles. The molecule has 5 nitrogen and oxygen atoms in total. The van der Waals surface area contributed by atoms with E-state index in [0.29, 0.717) is 18.5 Å². The van der Waals surface area contributed by atoms with Gasteiger partial charge in [-0.3, -0.25) is 9.69 Å². The van der Waals surface area contributed by atoms with E-state index >= 15 is 0 Å². The van der Waals surface area contributed by atoms with Crippen molar-refractivity contribution in [1.29, 1.82) is 0 Å². The molecule has 0 spiro atoms. The molecule has 0 N–H and O–H groups in total. The number of carbonyl (C=O) groups excluding carboxylic acids is 1. The number of rotatable bonds is 4. The van der Waals surface area contributed by atoms with Crippen LogP contribution in [-0.4, -0.2) is 46.5 Å². The molecule has 0 saturated carbocycles. The summed E-state index contributed by atoms with van der Waals surface area (Å²) in [6, 6.07) is 0.310. The van der Waals surface area contributed by atoms with Gasteiger partial charge in [0.2, 0.25) is 5.91 Å². The minimum Gasteiger partial charge on any atom is -0.361 e. The number of carbonyl (C=O) groups is 1. The molecule has 1 aromatic heterocycles. The third-order valence-corrected chi connectivity index (χ3v) is 4.98. The highest BCUT2D eigenvalue weighted by Crippen LogP contribution is 2.31. The van der Waals surface area contributed by atoms with E-state index in [9.17, 15) is 4.79 Å². The zero-order chi connectivity index (χ0) is 15.7. The fraction of sp³-hybridized carbons (Fsp3) is 0.647. The SMILES string of the molecule is C/C=C/CN1C[C@@H]2CC[C@H](C1)N(Cc1c(C)noc1C)C2=O. The van der Waals surface area contributed by atoms with Crippen molar-refractivity contribution in [3.8, 4) is 0 Å². The number of nitrogens with zero attached hydrogens (tertiary/aromatic N) is 3. The lowest BCUT2D eigenvalue weighted by molar-refractivity contribution is -0.140. The molecular weight excluding hydrogens is 278 g/mol. The Bertz CT molecular complexity index is 559. The van der Waals surface area contributed by atoms with Crippen LogP contribution in [0.15, 0.2) is 16.7 Å². The van der Waals surface area contributed by atoms with E-state index in [-0.39, 0.29) is 5.92 Å². The van der Waals surface area contributed by atoms with Crippen molar-refractivity contribution in [2.24, 2.45) is 5.92 Å². The molecule has 22 heavy (non-hydrogen) atoms. The van der Waals surface area contributed by atoms with Crippen molar-refractivity contribution in [1.82, 2.24) is 15.0 Å². The Morgan fingerprint density at radius 3 is 2.82 bits per heavy atom. The molecule has 2 atom stereocenters.